The van der Waals surface area contributed by atoms with Crippen molar-refractivity contribution in [2.75, 3.05) is 27.2 Å². The summed E-state index contributed by atoms with van der Waals surface area (Å²) in [6.07, 6.45) is 5.40. The lowest BCUT2D eigenvalue weighted by Gasteiger charge is -2.24. The number of halogens is 3. The Morgan fingerprint density at radius 2 is 2.00 bits per heavy atom. The smallest absolute Gasteiger partial charge is 0.191 e. The van der Waals surface area contributed by atoms with E-state index in [0.29, 0.717) is 16.7 Å². The van der Waals surface area contributed by atoms with Crippen LogP contribution in [0.4, 0.5) is 0 Å². The quantitative estimate of drug-likeness (QED) is 0.366. The highest BCUT2D eigenvalue weighted by atomic mass is 127. The molecule has 1 aliphatic rings. The van der Waals surface area contributed by atoms with Gasteiger partial charge in [-0.25, -0.2) is 0 Å². The third kappa shape index (κ3) is 5.97. The molecule has 1 saturated carbocycles. The van der Waals surface area contributed by atoms with Gasteiger partial charge in [0.25, 0.3) is 0 Å². The second-order valence-corrected chi connectivity index (χ2v) is 6.87. The number of rotatable bonds is 6. The molecule has 1 heterocycles. The molecule has 1 aromatic rings. The van der Waals surface area contributed by atoms with Gasteiger partial charge in [0.05, 0.1) is 11.6 Å². The van der Waals surface area contributed by atoms with E-state index in [4.69, 9.17) is 23.2 Å². The zero-order chi connectivity index (χ0) is 16.8. The summed E-state index contributed by atoms with van der Waals surface area (Å²) in [6, 6.07) is 2.62. The predicted molar refractivity (Wildman–Crippen MR) is 114 cm³/mol. The van der Waals surface area contributed by atoms with Crippen molar-refractivity contribution in [1.82, 2.24) is 20.1 Å². The van der Waals surface area contributed by atoms with Gasteiger partial charge in [-0.15, -0.1) is 24.0 Å². The monoisotopic (exact) mass is 487 g/mol. The molecule has 5 nitrogen and oxygen atoms in total. The summed E-state index contributed by atoms with van der Waals surface area (Å²) in [7, 11) is 5.89. The predicted octanol–water partition coefficient (Wildman–Crippen LogP) is 3.49. The number of aliphatic imine (C=N–C) groups is 1. The van der Waals surface area contributed by atoms with Crippen LogP contribution in [0.5, 0.6) is 0 Å². The molecule has 1 aliphatic carbocycles. The molecule has 0 amide bonds. The fourth-order valence-electron chi connectivity index (χ4n) is 3.03. The Kier molecular flexibility index (Phi) is 9.77. The van der Waals surface area contributed by atoms with E-state index in [-0.39, 0.29) is 24.0 Å². The van der Waals surface area contributed by atoms with Crippen LogP contribution in [0.3, 0.4) is 0 Å². The number of nitrogens with one attached hydrogen (secondary N) is 2. The second-order valence-electron chi connectivity index (χ2n) is 6.10. The largest absolute Gasteiger partial charge is 0.355 e. The van der Waals surface area contributed by atoms with Crippen molar-refractivity contribution >= 4 is 53.1 Å². The first kappa shape index (κ1) is 21.9. The highest BCUT2D eigenvalue weighted by Crippen LogP contribution is 2.25. The number of hydrogen-bond donors (Lipinski definition) is 2. The van der Waals surface area contributed by atoms with Crippen LogP contribution in [0.2, 0.25) is 10.2 Å². The maximum Gasteiger partial charge on any atom is 0.191 e. The molecule has 0 bridgehead atoms. The van der Waals surface area contributed by atoms with Crippen LogP contribution in [0, 0.1) is 0 Å². The zero-order valence-corrected chi connectivity index (χ0v) is 18.5. The van der Waals surface area contributed by atoms with Gasteiger partial charge in [-0.3, -0.25) is 4.99 Å². The van der Waals surface area contributed by atoms with Crippen molar-refractivity contribution < 1.29 is 0 Å². The first-order valence-electron chi connectivity index (χ1n) is 8.17. The van der Waals surface area contributed by atoms with Crippen LogP contribution < -0.4 is 10.6 Å². The van der Waals surface area contributed by atoms with E-state index in [1.54, 1.807) is 7.05 Å². The van der Waals surface area contributed by atoms with Crippen LogP contribution in [-0.2, 0) is 13.6 Å². The summed E-state index contributed by atoms with van der Waals surface area (Å²) in [5, 5.41) is 7.79. The summed E-state index contributed by atoms with van der Waals surface area (Å²) < 4.78 is 1.87. The summed E-state index contributed by atoms with van der Waals surface area (Å²) in [4.78, 5) is 6.71. The Morgan fingerprint density at radius 1 is 1.33 bits per heavy atom. The van der Waals surface area contributed by atoms with E-state index in [9.17, 15) is 0 Å². The Morgan fingerprint density at radius 3 is 2.54 bits per heavy atom. The molecular formula is C16H28Cl2IN5. The second kappa shape index (κ2) is 10.7. The van der Waals surface area contributed by atoms with Crippen molar-refractivity contribution in [2.45, 2.75) is 38.3 Å². The first-order valence-corrected chi connectivity index (χ1v) is 8.93. The highest BCUT2D eigenvalue weighted by molar-refractivity contribution is 14.0. The van der Waals surface area contributed by atoms with Gasteiger partial charge in [0.2, 0.25) is 0 Å². The van der Waals surface area contributed by atoms with E-state index in [1.165, 1.54) is 25.7 Å². The molecule has 2 rings (SSSR count). The Labute approximate surface area is 172 Å². The van der Waals surface area contributed by atoms with Crippen LogP contribution in [0.25, 0.3) is 0 Å². The molecule has 8 heteroatoms. The van der Waals surface area contributed by atoms with E-state index < -0.39 is 0 Å². The Balaban J connectivity index is 0.00000288. The number of hydrogen-bond acceptors (Lipinski definition) is 2. The van der Waals surface area contributed by atoms with Gasteiger partial charge in [0.15, 0.2) is 5.96 Å². The van der Waals surface area contributed by atoms with E-state index in [2.05, 4.69) is 27.6 Å². The van der Waals surface area contributed by atoms with Crippen molar-refractivity contribution in [2.24, 2.45) is 12.0 Å². The third-order valence-corrected chi connectivity index (χ3v) is 5.42. The first-order chi connectivity index (χ1) is 11.0. The molecule has 0 spiro atoms. The SMILES string of the molecule is CN=C(NCCN(C)C1CCCC1)NCc1cc(Cl)c(Cl)n1C.I. The number of aromatic nitrogens is 1. The summed E-state index contributed by atoms with van der Waals surface area (Å²) >= 11 is 12.1. The number of nitrogens with zero attached hydrogens (tertiary/aromatic N) is 3. The van der Waals surface area contributed by atoms with E-state index in [1.807, 2.05) is 17.7 Å². The third-order valence-electron chi connectivity index (χ3n) is 4.58. The van der Waals surface area contributed by atoms with Crippen molar-refractivity contribution in [3.63, 3.8) is 0 Å². The van der Waals surface area contributed by atoms with Crippen molar-refractivity contribution in [3.8, 4) is 0 Å². The van der Waals surface area contributed by atoms with Gasteiger partial charge in [-0.2, -0.15) is 0 Å². The standard InChI is InChI=1S/C16H27Cl2N5.HI/c1-19-16(20-8-9-22(2)12-6-4-5-7-12)21-11-13-10-14(17)15(18)23(13)3;/h10,12H,4-9,11H2,1-3H3,(H2,19,20,21);1H. The Bertz CT molecular complexity index is 541. The maximum absolute atomic E-state index is 6.08. The molecule has 0 saturated heterocycles. The molecule has 0 aliphatic heterocycles. The molecule has 138 valence electrons. The zero-order valence-electron chi connectivity index (χ0n) is 14.6. The number of guanidine groups is 1. The van der Waals surface area contributed by atoms with Gasteiger partial charge in [0.1, 0.15) is 5.15 Å². The minimum atomic E-state index is 0. The van der Waals surface area contributed by atoms with Gasteiger partial charge in [-0.05, 0) is 26.0 Å². The van der Waals surface area contributed by atoms with Crippen LogP contribution in [-0.4, -0.2) is 48.7 Å². The van der Waals surface area contributed by atoms with E-state index in [0.717, 1.165) is 30.8 Å². The molecule has 1 fully saturated rings. The topological polar surface area (TPSA) is 44.6 Å². The van der Waals surface area contributed by atoms with Crippen LogP contribution in [0.15, 0.2) is 11.1 Å². The maximum atomic E-state index is 6.08. The molecule has 24 heavy (non-hydrogen) atoms. The summed E-state index contributed by atoms with van der Waals surface area (Å²) in [5.74, 6) is 0.790. The average molecular weight is 488 g/mol. The van der Waals surface area contributed by atoms with Gasteiger partial charge < -0.3 is 20.1 Å². The number of likely N-dealkylation sites (N-methyl/N-ethyl adjacent to an activating group) is 1. The lowest BCUT2D eigenvalue weighted by atomic mass is 10.2. The van der Waals surface area contributed by atoms with E-state index >= 15 is 0 Å². The molecule has 0 atom stereocenters. The van der Waals surface area contributed by atoms with Gasteiger partial charge >= 0.3 is 0 Å². The molecule has 1 aromatic heterocycles. The Hall–Kier alpha value is -0.180. The highest BCUT2D eigenvalue weighted by Gasteiger charge is 2.18. The van der Waals surface area contributed by atoms with Crippen molar-refractivity contribution in [3.05, 3.63) is 21.9 Å². The summed E-state index contributed by atoms with van der Waals surface area (Å²) in [5.41, 5.74) is 1.02. The fourth-order valence-corrected chi connectivity index (χ4v) is 3.45. The lowest BCUT2D eigenvalue weighted by Crippen LogP contribution is -2.42. The van der Waals surface area contributed by atoms with Crippen LogP contribution >= 0.6 is 47.2 Å². The summed E-state index contributed by atoms with van der Waals surface area (Å²) in [6.45, 7) is 2.52. The van der Waals surface area contributed by atoms with Crippen molar-refractivity contribution in [1.29, 1.82) is 0 Å². The minimum absolute atomic E-state index is 0. The van der Waals surface area contributed by atoms with Gasteiger partial charge in [0, 0.05) is 38.9 Å². The molecule has 0 radical (unpaired) electrons. The molecular weight excluding hydrogens is 460 g/mol. The lowest BCUT2D eigenvalue weighted by molar-refractivity contribution is 0.249. The van der Waals surface area contributed by atoms with Gasteiger partial charge in [-0.1, -0.05) is 36.0 Å². The molecule has 0 aromatic carbocycles. The average Bonchev–Trinajstić information content (AvgIpc) is 3.16. The van der Waals surface area contributed by atoms with Crippen LogP contribution in [0.1, 0.15) is 31.4 Å². The normalized spacial score (nSPS) is 15.7. The molecule has 2 N–H and O–H groups in total. The fraction of sp³-hybridized carbons (Fsp3) is 0.688. The molecule has 0 unspecified atom stereocenters. The minimum Gasteiger partial charge on any atom is -0.355 e.